The van der Waals surface area contributed by atoms with Crippen molar-refractivity contribution in [3.05, 3.63) is 11.6 Å². The van der Waals surface area contributed by atoms with Crippen LogP contribution in [-0.2, 0) is 9.59 Å². The summed E-state index contributed by atoms with van der Waals surface area (Å²) in [5, 5.41) is 22.5. The van der Waals surface area contributed by atoms with Gasteiger partial charge in [0.05, 0.1) is 11.7 Å². The summed E-state index contributed by atoms with van der Waals surface area (Å²) in [5.74, 6) is 0.663. The zero-order valence-electron chi connectivity index (χ0n) is 14.7. The van der Waals surface area contributed by atoms with E-state index >= 15 is 0 Å². The first kappa shape index (κ1) is 16.5. The topological polar surface area (TPSA) is 74.6 Å². The Balaban J connectivity index is 1.77. The van der Waals surface area contributed by atoms with Crippen molar-refractivity contribution in [1.29, 1.82) is 0 Å². The molecule has 4 aliphatic rings. The fraction of sp³-hybridized carbons (Fsp3) is 0.800. The fourth-order valence-electron chi connectivity index (χ4n) is 6.56. The summed E-state index contributed by atoms with van der Waals surface area (Å²) >= 11 is 0. The first-order chi connectivity index (χ1) is 11.2. The van der Waals surface area contributed by atoms with Crippen molar-refractivity contribution in [3.63, 3.8) is 0 Å². The van der Waals surface area contributed by atoms with E-state index in [-0.39, 0.29) is 34.2 Å². The highest BCUT2D eigenvalue weighted by molar-refractivity contribution is 5.92. The average Bonchev–Trinajstić information content (AvgIpc) is 2.51. The number of aliphatic hydroxyl groups is 2. The van der Waals surface area contributed by atoms with E-state index in [1.165, 1.54) is 0 Å². The molecule has 4 nitrogen and oxygen atoms in total. The highest BCUT2D eigenvalue weighted by Crippen LogP contribution is 2.65. The number of allylic oxidation sites excluding steroid dienone is 1. The van der Waals surface area contributed by atoms with Gasteiger partial charge in [0.25, 0.3) is 0 Å². The molecular weight excluding hydrogens is 304 g/mol. The van der Waals surface area contributed by atoms with Crippen LogP contribution in [0.1, 0.15) is 65.2 Å². The molecule has 4 heteroatoms. The Kier molecular flexibility index (Phi) is 3.44. The Morgan fingerprint density at radius 1 is 1.08 bits per heavy atom. The number of Topliss-reactive ketones (excluding diaryl/α,β-unsaturated/α-hetero) is 1. The standard InChI is InChI=1S/C20H28O4/c1-18-6-5-14-15(20(18,24)8-4-13(22)11-18)10-17(23)16-9-12(21)3-7-19(14,16)2/h9,14-15,17,23-24H,3-8,10-11H2,1-2H3/t14-,15+,17+,18+,19+,20+/m0/s1. The molecule has 0 aromatic carbocycles. The third-order valence-corrected chi connectivity index (χ3v) is 8.04. The smallest absolute Gasteiger partial charge is 0.155 e. The second-order valence-corrected chi connectivity index (χ2v) is 9.19. The fourth-order valence-corrected chi connectivity index (χ4v) is 6.56. The van der Waals surface area contributed by atoms with E-state index < -0.39 is 11.7 Å². The number of hydrogen-bond donors (Lipinski definition) is 2. The first-order valence-electron chi connectivity index (χ1n) is 9.37. The molecule has 0 bridgehead atoms. The third kappa shape index (κ3) is 1.99. The molecule has 2 N–H and O–H groups in total. The lowest BCUT2D eigenvalue weighted by Gasteiger charge is -2.64. The molecule has 0 amide bonds. The van der Waals surface area contributed by atoms with Crippen molar-refractivity contribution in [2.24, 2.45) is 22.7 Å². The molecule has 24 heavy (non-hydrogen) atoms. The van der Waals surface area contributed by atoms with Gasteiger partial charge in [0, 0.05) is 24.7 Å². The summed E-state index contributed by atoms with van der Waals surface area (Å²) in [6.45, 7) is 4.23. The summed E-state index contributed by atoms with van der Waals surface area (Å²) in [6.07, 6.45) is 6.07. The second kappa shape index (κ2) is 5.01. The van der Waals surface area contributed by atoms with Crippen molar-refractivity contribution in [1.82, 2.24) is 0 Å². The van der Waals surface area contributed by atoms with E-state index in [0.717, 1.165) is 24.8 Å². The Labute approximate surface area is 143 Å². The highest BCUT2D eigenvalue weighted by Gasteiger charge is 2.64. The summed E-state index contributed by atoms with van der Waals surface area (Å²) < 4.78 is 0. The number of carbonyl (C=O) groups is 2. The van der Waals surface area contributed by atoms with Crippen LogP contribution in [0.5, 0.6) is 0 Å². The molecule has 4 rings (SSSR count). The molecule has 0 aromatic heterocycles. The molecule has 0 heterocycles. The maximum Gasteiger partial charge on any atom is 0.155 e. The maximum absolute atomic E-state index is 12.0. The van der Waals surface area contributed by atoms with Crippen molar-refractivity contribution in [2.75, 3.05) is 0 Å². The molecule has 132 valence electrons. The minimum atomic E-state index is -0.874. The van der Waals surface area contributed by atoms with Gasteiger partial charge >= 0.3 is 0 Å². The van der Waals surface area contributed by atoms with Crippen LogP contribution in [0.4, 0.5) is 0 Å². The second-order valence-electron chi connectivity index (χ2n) is 9.19. The number of fused-ring (bicyclic) bond motifs is 5. The van der Waals surface area contributed by atoms with Gasteiger partial charge in [0.2, 0.25) is 0 Å². The predicted molar refractivity (Wildman–Crippen MR) is 89.2 cm³/mol. The van der Waals surface area contributed by atoms with E-state index in [4.69, 9.17) is 0 Å². The van der Waals surface area contributed by atoms with Crippen LogP contribution in [0.3, 0.4) is 0 Å². The van der Waals surface area contributed by atoms with Crippen LogP contribution in [0.2, 0.25) is 0 Å². The molecule has 0 aromatic rings. The van der Waals surface area contributed by atoms with Gasteiger partial charge in [-0.3, -0.25) is 9.59 Å². The number of carbonyl (C=O) groups excluding carboxylic acids is 2. The molecule has 6 atom stereocenters. The van der Waals surface area contributed by atoms with Gasteiger partial charge in [-0.2, -0.15) is 0 Å². The minimum Gasteiger partial charge on any atom is -0.389 e. The SMILES string of the molecule is C[C@]12CC[C@H]3[C@@H](C[C@@H](O)C4=CC(=O)CC[C@@]43C)[C@]1(O)CCC(=O)C2. The lowest BCUT2D eigenvalue weighted by atomic mass is 9.42. The van der Waals surface area contributed by atoms with E-state index in [1.54, 1.807) is 6.08 Å². The lowest BCUT2D eigenvalue weighted by molar-refractivity contribution is -0.214. The summed E-state index contributed by atoms with van der Waals surface area (Å²) in [6, 6.07) is 0. The number of aliphatic hydroxyl groups excluding tert-OH is 1. The lowest BCUT2D eigenvalue weighted by Crippen LogP contribution is -2.65. The normalized spacial score (nSPS) is 51.3. The molecule has 0 spiro atoms. The van der Waals surface area contributed by atoms with Crippen molar-refractivity contribution < 1.29 is 19.8 Å². The van der Waals surface area contributed by atoms with Gasteiger partial charge in [-0.05, 0) is 61.0 Å². The van der Waals surface area contributed by atoms with Crippen LogP contribution in [0.15, 0.2) is 11.6 Å². The molecule has 4 aliphatic carbocycles. The third-order valence-electron chi connectivity index (χ3n) is 8.04. The molecule has 0 radical (unpaired) electrons. The van der Waals surface area contributed by atoms with Crippen molar-refractivity contribution in [2.45, 2.75) is 76.9 Å². The molecule has 3 fully saturated rings. The monoisotopic (exact) mass is 332 g/mol. The predicted octanol–water partition coefficient (Wildman–Crippen LogP) is 2.56. The zero-order chi connectivity index (χ0) is 17.3. The Hall–Kier alpha value is -1.00. The number of hydrogen-bond acceptors (Lipinski definition) is 4. The first-order valence-corrected chi connectivity index (χ1v) is 9.37. The van der Waals surface area contributed by atoms with Gasteiger partial charge in [0.1, 0.15) is 5.78 Å². The largest absolute Gasteiger partial charge is 0.389 e. The zero-order valence-corrected chi connectivity index (χ0v) is 14.7. The van der Waals surface area contributed by atoms with Gasteiger partial charge < -0.3 is 10.2 Å². The number of ketones is 2. The summed E-state index contributed by atoms with van der Waals surface area (Å²) in [4.78, 5) is 23.9. The van der Waals surface area contributed by atoms with Crippen LogP contribution in [0.25, 0.3) is 0 Å². The van der Waals surface area contributed by atoms with Crippen LogP contribution < -0.4 is 0 Å². The minimum absolute atomic E-state index is 0.00898. The van der Waals surface area contributed by atoms with Crippen LogP contribution in [-0.4, -0.2) is 33.5 Å². The average molecular weight is 332 g/mol. The Morgan fingerprint density at radius 3 is 2.58 bits per heavy atom. The van der Waals surface area contributed by atoms with E-state index in [0.29, 0.717) is 32.1 Å². The Bertz CT molecular complexity index is 638. The van der Waals surface area contributed by atoms with E-state index in [1.807, 2.05) is 0 Å². The van der Waals surface area contributed by atoms with Gasteiger partial charge in [0.15, 0.2) is 5.78 Å². The van der Waals surface area contributed by atoms with Crippen LogP contribution in [0, 0.1) is 22.7 Å². The Morgan fingerprint density at radius 2 is 1.83 bits per heavy atom. The molecule has 0 aliphatic heterocycles. The van der Waals surface area contributed by atoms with E-state index in [9.17, 15) is 19.8 Å². The highest BCUT2D eigenvalue weighted by atomic mass is 16.3. The summed E-state index contributed by atoms with van der Waals surface area (Å²) in [7, 11) is 0. The van der Waals surface area contributed by atoms with Crippen molar-refractivity contribution in [3.8, 4) is 0 Å². The molecular formula is C20H28O4. The van der Waals surface area contributed by atoms with Crippen molar-refractivity contribution >= 4 is 11.6 Å². The van der Waals surface area contributed by atoms with Gasteiger partial charge in [-0.15, -0.1) is 0 Å². The number of rotatable bonds is 0. The quantitative estimate of drug-likeness (QED) is 0.715. The van der Waals surface area contributed by atoms with E-state index in [2.05, 4.69) is 13.8 Å². The maximum atomic E-state index is 12.0. The van der Waals surface area contributed by atoms with Gasteiger partial charge in [-0.25, -0.2) is 0 Å². The molecule has 3 saturated carbocycles. The molecule has 0 unspecified atom stereocenters. The molecule has 0 saturated heterocycles. The van der Waals surface area contributed by atoms with Gasteiger partial charge in [-0.1, -0.05) is 13.8 Å². The summed E-state index contributed by atoms with van der Waals surface area (Å²) in [5.41, 5.74) is -0.556. The van der Waals surface area contributed by atoms with Crippen LogP contribution >= 0.6 is 0 Å².